The quantitative estimate of drug-likeness (QED) is 0.643. The molecule has 0 radical (unpaired) electrons. The molecular formula is C19H19Cl2NO5. The highest BCUT2D eigenvalue weighted by Crippen LogP contribution is 2.30. The fourth-order valence-electron chi connectivity index (χ4n) is 2.21. The van der Waals surface area contributed by atoms with Crippen LogP contribution in [0.15, 0.2) is 36.4 Å². The number of halogens is 2. The SMILES string of the molecule is CCOc1ccc(NC(=O)COC(=O)c2cc(Cl)cc(Cl)c2)cc1OCC. The largest absolute Gasteiger partial charge is 0.490 e. The van der Waals surface area contributed by atoms with E-state index >= 15 is 0 Å². The zero-order valence-electron chi connectivity index (χ0n) is 14.9. The molecule has 1 N–H and O–H groups in total. The molecule has 8 heteroatoms. The van der Waals surface area contributed by atoms with Gasteiger partial charge in [0.2, 0.25) is 0 Å². The molecule has 0 bridgehead atoms. The summed E-state index contributed by atoms with van der Waals surface area (Å²) in [6.45, 7) is 4.21. The van der Waals surface area contributed by atoms with Crippen molar-refractivity contribution in [2.45, 2.75) is 13.8 Å². The van der Waals surface area contributed by atoms with Crippen molar-refractivity contribution < 1.29 is 23.8 Å². The number of nitrogens with one attached hydrogen (secondary N) is 1. The Hall–Kier alpha value is -2.44. The molecule has 2 aromatic carbocycles. The van der Waals surface area contributed by atoms with Crippen molar-refractivity contribution >= 4 is 40.8 Å². The molecule has 0 heterocycles. The van der Waals surface area contributed by atoms with E-state index in [2.05, 4.69) is 5.32 Å². The first kappa shape index (κ1) is 20.9. The first-order valence-electron chi connectivity index (χ1n) is 8.25. The second kappa shape index (κ2) is 10.0. The first-order chi connectivity index (χ1) is 12.9. The van der Waals surface area contributed by atoms with E-state index in [1.807, 2.05) is 13.8 Å². The topological polar surface area (TPSA) is 73.9 Å². The third kappa shape index (κ3) is 6.34. The van der Waals surface area contributed by atoms with Gasteiger partial charge in [0, 0.05) is 21.8 Å². The summed E-state index contributed by atoms with van der Waals surface area (Å²) in [5, 5.41) is 3.24. The summed E-state index contributed by atoms with van der Waals surface area (Å²) >= 11 is 11.7. The van der Waals surface area contributed by atoms with Gasteiger partial charge in [0.25, 0.3) is 5.91 Å². The van der Waals surface area contributed by atoms with Gasteiger partial charge >= 0.3 is 5.97 Å². The van der Waals surface area contributed by atoms with Crippen molar-refractivity contribution in [2.75, 3.05) is 25.1 Å². The van der Waals surface area contributed by atoms with Gasteiger partial charge in [0.1, 0.15) is 0 Å². The second-order valence-corrected chi connectivity index (χ2v) is 6.18. The molecule has 0 saturated carbocycles. The standard InChI is InChI=1S/C19H19Cl2NO5/c1-3-25-16-6-5-15(10-17(16)26-4-2)22-18(23)11-27-19(24)12-7-13(20)9-14(21)8-12/h5-10H,3-4,11H2,1-2H3,(H,22,23). The molecule has 0 fully saturated rings. The third-order valence-electron chi connectivity index (χ3n) is 3.26. The summed E-state index contributed by atoms with van der Waals surface area (Å²) in [6.07, 6.45) is 0. The Labute approximate surface area is 167 Å². The van der Waals surface area contributed by atoms with Gasteiger partial charge < -0.3 is 19.5 Å². The first-order valence-corrected chi connectivity index (χ1v) is 9.01. The number of rotatable bonds is 8. The van der Waals surface area contributed by atoms with E-state index in [1.165, 1.54) is 18.2 Å². The number of carbonyl (C=O) groups is 2. The van der Waals surface area contributed by atoms with Crippen LogP contribution in [0.1, 0.15) is 24.2 Å². The number of hydrogen-bond acceptors (Lipinski definition) is 5. The van der Waals surface area contributed by atoms with Gasteiger partial charge in [0.15, 0.2) is 18.1 Å². The van der Waals surface area contributed by atoms with Crippen molar-refractivity contribution in [1.29, 1.82) is 0 Å². The van der Waals surface area contributed by atoms with E-state index in [4.69, 9.17) is 37.4 Å². The molecule has 0 aliphatic carbocycles. The molecule has 0 aromatic heterocycles. The molecule has 6 nitrogen and oxygen atoms in total. The number of anilines is 1. The van der Waals surface area contributed by atoms with E-state index in [1.54, 1.807) is 18.2 Å². The maximum atomic E-state index is 12.0. The van der Waals surface area contributed by atoms with Gasteiger partial charge in [-0.1, -0.05) is 23.2 Å². The van der Waals surface area contributed by atoms with Gasteiger partial charge in [-0.15, -0.1) is 0 Å². The molecule has 0 unspecified atom stereocenters. The van der Waals surface area contributed by atoms with Gasteiger partial charge in [0.05, 0.1) is 18.8 Å². The Morgan fingerprint density at radius 1 is 0.926 bits per heavy atom. The lowest BCUT2D eigenvalue weighted by Crippen LogP contribution is -2.21. The summed E-state index contributed by atoms with van der Waals surface area (Å²) in [5.41, 5.74) is 0.661. The number of hydrogen-bond donors (Lipinski definition) is 1. The van der Waals surface area contributed by atoms with Gasteiger partial charge in [-0.3, -0.25) is 4.79 Å². The molecule has 0 aliphatic rings. The predicted octanol–water partition coefficient (Wildman–Crippen LogP) is 4.59. The Bertz CT molecular complexity index is 805. The fraction of sp³-hybridized carbons (Fsp3) is 0.263. The zero-order valence-corrected chi connectivity index (χ0v) is 16.4. The van der Waals surface area contributed by atoms with Crippen LogP contribution < -0.4 is 14.8 Å². The van der Waals surface area contributed by atoms with Crippen LogP contribution in [0.4, 0.5) is 5.69 Å². The molecule has 0 aliphatic heterocycles. The summed E-state index contributed by atoms with van der Waals surface area (Å²) in [7, 11) is 0. The highest BCUT2D eigenvalue weighted by Gasteiger charge is 2.13. The minimum Gasteiger partial charge on any atom is -0.490 e. The lowest BCUT2D eigenvalue weighted by Gasteiger charge is -2.13. The molecule has 144 valence electrons. The smallest absolute Gasteiger partial charge is 0.338 e. The van der Waals surface area contributed by atoms with Crippen LogP contribution in [0.2, 0.25) is 10.0 Å². The predicted molar refractivity (Wildman–Crippen MR) is 104 cm³/mol. The minimum atomic E-state index is -0.698. The maximum Gasteiger partial charge on any atom is 0.338 e. The molecular weight excluding hydrogens is 393 g/mol. The van der Waals surface area contributed by atoms with Crippen molar-refractivity contribution in [3.05, 3.63) is 52.0 Å². The fourth-order valence-corrected chi connectivity index (χ4v) is 2.74. The van der Waals surface area contributed by atoms with E-state index in [0.717, 1.165) is 0 Å². The van der Waals surface area contributed by atoms with Gasteiger partial charge in [-0.25, -0.2) is 4.79 Å². The van der Waals surface area contributed by atoms with Crippen LogP contribution in [-0.2, 0) is 9.53 Å². The van der Waals surface area contributed by atoms with Crippen molar-refractivity contribution in [3.63, 3.8) is 0 Å². The molecule has 0 spiro atoms. The molecule has 2 aromatic rings. The van der Waals surface area contributed by atoms with Crippen LogP contribution in [-0.4, -0.2) is 31.7 Å². The van der Waals surface area contributed by atoms with Crippen LogP contribution >= 0.6 is 23.2 Å². The van der Waals surface area contributed by atoms with Crippen LogP contribution in [0.5, 0.6) is 11.5 Å². The lowest BCUT2D eigenvalue weighted by atomic mass is 10.2. The number of carbonyl (C=O) groups excluding carboxylic acids is 2. The Kier molecular flexibility index (Phi) is 7.76. The Morgan fingerprint density at radius 3 is 2.19 bits per heavy atom. The highest BCUT2D eigenvalue weighted by molar-refractivity contribution is 6.35. The van der Waals surface area contributed by atoms with E-state index in [0.29, 0.717) is 40.4 Å². The molecule has 2 rings (SSSR count). The average molecular weight is 412 g/mol. The number of amides is 1. The summed E-state index contributed by atoms with van der Waals surface area (Å²) < 4.78 is 16.0. The molecule has 1 amide bonds. The molecule has 27 heavy (non-hydrogen) atoms. The molecule has 0 atom stereocenters. The summed E-state index contributed by atoms with van der Waals surface area (Å²) in [5.74, 6) is -0.0938. The third-order valence-corrected chi connectivity index (χ3v) is 3.70. The number of benzene rings is 2. The monoisotopic (exact) mass is 411 g/mol. The summed E-state index contributed by atoms with van der Waals surface area (Å²) in [6, 6.07) is 9.33. The Morgan fingerprint density at radius 2 is 1.56 bits per heavy atom. The van der Waals surface area contributed by atoms with Crippen LogP contribution in [0.25, 0.3) is 0 Å². The van der Waals surface area contributed by atoms with Crippen LogP contribution in [0.3, 0.4) is 0 Å². The average Bonchev–Trinajstić information content (AvgIpc) is 2.61. The lowest BCUT2D eigenvalue weighted by molar-refractivity contribution is -0.119. The second-order valence-electron chi connectivity index (χ2n) is 5.31. The zero-order chi connectivity index (χ0) is 19.8. The molecule has 0 saturated heterocycles. The van der Waals surface area contributed by atoms with Crippen molar-refractivity contribution in [3.8, 4) is 11.5 Å². The van der Waals surface area contributed by atoms with E-state index in [9.17, 15) is 9.59 Å². The van der Waals surface area contributed by atoms with Gasteiger partial charge in [-0.2, -0.15) is 0 Å². The number of ether oxygens (including phenoxy) is 3. The number of esters is 1. The van der Waals surface area contributed by atoms with Crippen molar-refractivity contribution in [2.24, 2.45) is 0 Å². The summed E-state index contributed by atoms with van der Waals surface area (Å²) in [4.78, 5) is 24.1. The van der Waals surface area contributed by atoms with Gasteiger partial charge in [-0.05, 0) is 44.2 Å². The maximum absolute atomic E-state index is 12.0. The van der Waals surface area contributed by atoms with Crippen molar-refractivity contribution in [1.82, 2.24) is 0 Å². The Balaban J connectivity index is 1.96. The normalized spacial score (nSPS) is 10.2. The van der Waals surface area contributed by atoms with Crippen LogP contribution in [0, 0.1) is 0 Å². The highest BCUT2D eigenvalue weighted by atomic mass is 35.5. The van der Waals surface area contributed by atoms with E-state index in [-0.39, 0.29) is 5.56 Å². The minimum absolute atomic E-state index is 0.167. The van der Waals surface area contributed by atoms with E-state index < -0.39 is 18.5 Å².